The lowest BCUT2D eigenvalue weighted by molar-refractivity contribution is 0.0697. The molecule has 21 heavy (non-hydrogen) atoms. The zero-order chi connectivity index (χ0) is 14.8. The molecule has 1 aliphatic heterocycles. The fourth-order valence-corrected chi connectivity index (χ4v) is 4.34. The van der Waals surface area contributed by atoms with Crippen LogP contribution in [-0.2, 0) is 23.6 Å². The number of aryl methyl sites for hydroxylation is 2. The number of pyridine rings is 1. The van der Waals surface area contributed by atoms with Crippen LogP contribution >= 0.6 is 0 Å². The molecular formula is C15H20N2O3S. The molecular weight excluding hydrogens is 288 g/mol. The van der Waals surface area contributed by atoms with Gasteiger partial charge >= 0.3 is 5.97 Å². The van der Waals surface area contributed by atoms with Gasteiger partial charge in [0.25, 0.3) is 0 Å². The van der Waals surface area contributed by atoms with Gasteiger partial charge in [0.2, 0.25) is 0 Å². The van der Waals surface area contributed by atoms with E-state index >= 15 is 0 Å². The molecule has 3 rings (SSSR count). The van der Waals surface area contributed by atoms with E-state index in [1.807, 2.05) is 0 Å². The fraction of sp³-hybridized carbons (Fsp3) is 0.600. The summed E-state index contributed by atoms with van der Waals surface area (Å²) in [4.78, 5) is 16.1. The average Bonchev–Trinajstić information content (AvgIpc) is 2.48. The predicted molar refractivity (Wildman–Crippen MR) is 82.4 cm³/mol. The van der Waals surface area contributed by atoms with E-state index in [2.05, 4.69) is 10.3 Å². The van der Waals surface area contributed by atoms with Gasteiger partial charge in [0.1, 0.15) is 11.4 Å². The monoisotopic (exact) mass is 308 g/mol. The number of hydrogen-bond donors (Lipinski definition) is 2. The van der Waals surface area contributed by atoms with Crippen molar-refractivity contribution in [1.82, 2.24) is 4.98 Å². The van der Waals surface area contributed by atoms with Crippen molar-refractivity contribution in [2.45, 2.75) is 44.6 Å². The Morgan fingerprint density at radius 1 is 1.29 bits per heavy atom. The Hall–Kier alpha value is -1.43. The number of nitrogens with zero attached hydrogens (tertiary/aromatic N) is 1. The summed E-state index contributed by atoms with van der Waals surface area (Å²) in [6.45, 7) is 0. The Morgan fingerprint density at radius 3 is 2.71 bits per heavy atom. The SMILES string of the molecule is O=C(O)c1cc2c(nc1NC1CCS(=O)CC1)CCCC2. The number of fused-ring (bicyclic) bond motifs is 1. The van der Waals surface area contributed by atoms with Crippen molar-refractivity contribution in [3.8, 4) is 0 Å². The van der Waals surface area contributed by atoms with Gasteiger partial charge in [-0.15, -0.1) is 0 Å². The molecule has 0 saturated carbocycles. The molecule has 2 heterocycles. The number of carboxylic acid groups (broad SMARTS) is 1. The number of aromatic nitrogens is 1. The van der Waals surface area contributed by atoms with Crippen LogP contribution in [0.4, 0.5) is 5.82 Å². The first-order chi connectivity index (χ1) is 10.1. The maximum atomic E-state index is 11.5. The molecule has 0 bridgehead atoms. The highest BCUT2D eigenvalue weighted by Gasteiger charge is 2.23. The molecule has 0 unspecified atom stereocenters. The van der Waals surface area contributed by atoms with Gasteiger partial charge in [-0.2, -0.15) is 0 Å². The summed E-state index contributed by atoms with van der Waals surface area (Å²) in [5.74, 6) is 0.925. The van der Waals surface area contributed by atoms with Crippen LogP contribution in [0.5, 0.6) is 0 Å². The van der Waals surface area contributed by atoms with Gasteiger partial charge in [0.05, 0.1) is 0 Å². The van der Waals surface area contributed by atoms with Crippen LogP contribution in [0, 0.1) is 0 Å². The first kappa shape index (κ1) is 14.5. The van der Waals surface area contributed by atoms with E-state index in [1.165, 1.54) is 0 Å². The van der Waals surface area contributed by atoms with Crippen LogP contribution in [0.15, 0.2) is 6.07 Å². The van der Waals surface area contributed by atoms with E-state index in [0.29, 0.717) is 17.3 Å². The van der Waals surface area contributed by atoms with Crippen molar-refractivity contribution >= 4 is 22.6 Å². The molecule has 1 aromatic rings. The Bertz CT molecular complexity index is 579. The lowest BCUT2D eigenvalue weighted by atomic mass is 9.94. The van der Waals surface area contributed by atoms with Gasteiger partial charge in [-0.1, -0.05) is 0 Å². The van der Waals surface area contributed by atoms with Crippen molar-refractivity contribution in [2.24, 2.45) is 0 Å². The smallest absolute Gasteiger partial charge is 0.339 e. The molecule has 6 heteroatoms. The van der Waals surface area contributed by atoms with Gasteiger partial charge in [-0.3, -0.25) is 4.21 Å². The number of carboxylic acids is 1. The lowest BCUT2D eigenvalue weighted by Crippen LogP contribution is -2.30. The van der Waals surface area contributed by atoms with Crippen LogP contribution in [0.2, 0.25) is 0 Å². The third kappa shape index (κ3) is 3.26. The van der Waals surface area contributed by atoms with Crippen LogP contribution in [0.3, 0.4) is 0 Å². The Labute approximate surface area is 126 Å². The number of carbonyl (C=O) groups is 1. The zero-order valence-electron chi connectivity index (χ0n) is 11.9. The molecule has 0 radical (unpaired) electrons. The summed E-state index contributed by atoms with van der Waals surface area (Å²) in [5, 5.41) is 12.7. The van der Waals surface area contributed by atoms with Crippen molar-refractivity contribution in [3.05, 3.63) is 22.9 Å². The Balaban J connectivity index is 1.85. The molecule has 2 N–H and O–H groups in total. The van der Waals surface area contributed by atoms with Gasteiger partial charge < -0.3 is 10.4 Å². The van der Waals surface area contributed by atoms with Gasteiger partial charge in [0.15, 0.2) is 0 Å². The van der Waals surface area contributed by atoms with Crippen LogP contribution in [-0.4, -0.2) is 37.8 Å². The van der Waals surface area contributed by atoms with E-state index in [1.54, 1.807) is 6.07 Å². The molecule has 5 nitrogen and oxygen atoms in total. The van der Waals surface area contributed by atoms with E-state index in [0.717, 1.165) is 49.8 Å². The first-order valence-electron chi connectivity index (χ1n) is 7.51. The summed E-state index contributed by atoms with van der Waals surface area (Å²) in [6.07, 6.45) is 5.70. The van der Waals surface area contributed by atoms with Crippen LogP contribution in [0.1, 0.15) is 47.3 Å². The summed E-state index contributed by atoms with van der Waals surface area (Å²) in [7, 11) is -0.712. The molecule has 1 saturated heterocycles. The van der Waals surface area contributed by atoms with E-state index in [9.17, 15) is 14.1 Å². The van der Waals surface area contributed by atoms with E-state index in [4.69, 9.17) is 0 Å². The third-order valence-electron chi connectivity index (χ3n) is 4.26. The van der Waals surface area contributed by atoms with Crippen molar-refractivity contribution in [2.75, 3.05) is 16.8 Å². The molecule has 1 aromatic heterocycles. The highest BCUT2D eigenvalue weighted by atomic mass is 32.2. The molecule has 114 valence electrons. The van der Waals surface area contributed by atoms with Crippen molar-refractivity contribution in [3.63, 3.8) is 0 Å². The van der Waals surface area contributed by atoms with E-state index in [-0.39, 0.29) is 11.6 Å². The average molecular weight is 308 g/mol. The highest BCUT2D eigenvalue weighted by molar-refractivity contribution is 7.85. The number of rotatable bonds is 3. The second-order valence-electron chi connectivity index (χ2n) is 5.77. The molecule has 0 aromatic carbocycles. The van der Waals surface area contributed by atoms with Crippen molar-refractivity contribution < 1.29 is 14.1 Å². The predicted octanol–water partition coefficient (Wildman–Crippen LogP) is 1.98. The number of hydrogen-bond acceptors (Lipinski definition) is 4. The zero-order valence-corrected chi connectivity index (χ0v) is 12.7. The maximum Gasteiger partial charge on any atom is 0.339 e. The second-order valence-corrected chi connectivity index (χ2v) is 7.47. The summed E-state index contributed by atoms with van der Waals surface area (Å²) in [6, 6.07) is 1.96. The Kier molecular flexibility index (Phi) is 4.24. The molecule has 1 aliphatic carbocycles. The quantitative estimate of drug-likeness (QED) is 0.892. The summed E-state index contributed by atoms with van der Waals surface area (Å²) < 4.78 is 11.4. The summed E-state index contributed by atoms with van der Waals surface area (Å²) in [5.41, 5.74) is 2.38. The normalized spacial score (nSPS) is 25.1. The molecule has 0 spiro atoms. The molecule has 1 fully saturated rings. The lowest BCUT2D eigenvalue weighted by Gasteiger charge is -2.25. The molecule has 0 atom stereocenters. The van der Waals surface area contributed by atoms with Crippen LogP contribution in [0.25, 0.3) is 0 Å². The minimum absolute atomic E-state index is 0.176. The van der Waals surface area contributed by atoms with Crippen LogP contribution < -0.4 is 5.32 Å². The maximum absolute atomic E-state index is 11.5. The molecule has 0 amide bonds. The topological polar surface area (TPSA) is 79.3 Å². The third-order valence-corrected chi connectivity index (χ3v) is 5.64. The van der Waals surface area contributed by atoms with E-state index < -0.39 is 16.8 Å². The number of nitrogens with one attached hydrogen (secondary N) is 1. The van der Waals surface area contributed by atoms with Gasteiger partial charge in [0, 0.05) is 34.0 Å². The number of anilines is 1. The van der Waals surface area contributed by atoms with Gasteiger partial charge in [-0.05, 0) is 50.2 Å². The Morgan fingerprint density at radius 2 is 2.00 bits per heavy atom. The number of aromatic carboxylic acids is 1. The first-order valence-corrected chi connectivity index (χ1v) is 9.00. The van der Waals surface area contributed by atoms with Crippen molar-refractivity contribution in [1.29, 1.82) is 0 Å². The fourth-order valence-electron chi connectivity index (χ4n) is 3.04. The molecule has 2 aliphatic rings. The minimum Gasteiger partial charge on any atom is -0.478 e. The largest absolute Gasteiger partial charge is 0.478 e. The second kappa shape index (κ2) is 6.13. The van der Waals surface area contributed by atoms with Gasteiger partial charge in [-0.25, -0.2) is 9.78 Å². The minimum atomic E-state index is -0.933. The highest BCUT2D eigenvalue weighted by Crippen LogP contribution is 2.26. The standard InChI is InChI=1S/C15H20N2O3S/c18-15(19)12-9-10-3-1-2-4-13(10)17-14(12)16-11-5-7-21(20)8-6-11/h9,11H,1-8H2,(H,16,17)(H,18,19). The summed E-state index contributed by atoms with van der Waals surface area (Å²) >= 11 is 0.